The second-order valence-electron chi connectivity index (χ2n) is 2.13. The van der Waals surface area contributed by atoms with E-state index >= 15 is 0 Å². The monoisotopic (exact) mass is 166 g/mol. The summed E-state index contributed by atoms with van der Waals surface area (Å²) in [7, 11) is 0. The molecule has 3 nitrogen and oxygen atoms in total. The number of hydrogen-bond acceptors (Lipinski definition) is 4. The van der Waals surface area contributed by atoms with Crippen LogP contribution in [0.25, 0.3) is 10.6 Å². The van der Waals surface area contributed by atoms with Crippen LogP contribution < -0.4 is 0 Å². The number of oxazole rings is 1. The van der Waals surface area contributed by atoms with E-state index < -0.39 is 0 Å². The maximum Gasteiger partial charge on any atom is 0.181 e. The third-order valence-corrected chi connectivity index (χ3v) is 2.34. The molecule has 0 saturated carbocycles. The molecule has 0 fully saturated rings. The van der Waals surface area contributed by atoms with Gasteiger partial charge in [-0.1, -0.05) is 0 Å². The van der Waals surface area contributed by atoms with Gasteiger partial charge in [0.1, 0.15) is 0 Å². The van der Waals surface area contributed by atoms with Gasteiger partial charge in [-0.05, 0) is 6.92 Å². The van der Waals surface area contributed by atoms with Gasteiger partial charge in [-0.2, -0.15) is 0 Å². The summed E-state index contributed by atoms with van der Waals surface area (Å²) in [5.74, 6) is 0.796. The summed E-state index contributed by atoms with van der Waals surface area (Å²) in [4.78, 5) is 8.99. The number of thiazole rings is 1. The molecule has 56 valence electrons. The molecule has 2 heterocycles. The van der Waals surface area contributed by atoms with Gasteiger partial charge >= 0.3 is 0 Å². The summed E-state index contributed by atoms with van der Waals surface area (Å²) in [6.07, 6.45) is 3.12. The van der Waals surface area contributed by atoms with Gasteiger partial charge in [-0.25, -0.2) is 9.97 Å². The zero-order chi connectivity index (χ0) is 7.68. The number of hydrogen-bond donors (Lipinski definition) is 0. The Labute approximate surface area is 67.7 Å². The van der Waals surface area contributed by atoms with Crippen molar-refractivity contribution in [2.45, 2.75) is 6.92 Å². The molecular weight excluding hydrogens is 160 g/mol. The predicted octanol–water partition coefficient (Wildman–Crippen LogP) is 2.11. The first-order chi connectivity index (χ1) is 5.38. The summed E-state index contributed by atoms with van der Waals surface area (Å²) in [6, 6.07) is 0. The van der Waals surface area contributed by atoms with Crippen LogP contribution in [0.5, 0.6) is 0 Å². The van der Waals surface area contributed by atoms with Crippen molar-refractivity contribution in [3.63, 3.8) is 0 Å². The molecule has 0 amide bonds. The van der Waals surface area contributed by atoms with Gasteiger partial charge in [0, 0.05) is 0 Å². The minimum absolute atomic E-state index is 0.796. The SMILES string of the molecule is Cc1ncsc1-c1cnco1. The Kier molecular flexibility index (Phi) is 1.47. The lowest BCUT2D eigenvalue weighted by molar-refractivity contribution is 0.573. The van der Waals surface area contributed by atoms with Crippen molar-refractivity contribution in [1.29, 1.82) is 0 Å². The van der Waals surface area contributed by atoms with Crippen LogP contribution in [0.3, 0.4) is 0 Å². The van der Waals surface area contributed by atoms with Crippen molar-refractivity contribution in [2.24, 2.45) is 0 Å². The molecule has 0 bridgehead atoms. The second kappa shape index (κ2) is 2.47. The molecule has 0 aliphatic heterocycles. The minimum Gasteiger partial charge on any atom is -0.443 e. The topological polar surface area (TPSA) is 38.9 Å². The summed E-state index contributed by atoms with van der Waals surface area (Å²) in [6.45, 7) is 1.95. The molecule has 11 heavy (non-hydrogen) atoms. The van der Waals surface area contributed by atoms with Crippen molar-refractivity contribution >= 4 is 11.3 Å². The lowest BCUT2D eigenvalue weighted by atomic mass is 10.3. The average molecular weight is 166 g/mol. The van der Waals surface area contributed by atoms with E-state index in [0.29, 0.717) is 0 Å². The predicted molar refractivity (Wildman–Crippen MR) is 42.3 cm³/mol. The van der Waals surface area contributed by atoms with Crippen molar-refractivity contribution in [1.82, 2.24) is 9.97 Å². The lowest BCUT2D eigenvalue weighted by Gasteiger charge is -1.88. The number of nitrogens with zero attached hydrogens (tertiary/aromatic N) is 2. The molecule has 0 aliphatic carbocycles. The molecule has 0 atom stereocenters. The third-order valence-electron chi connectivity index (χ3n) is 1.40. The van der Waals surface area contributed by atoms with Gasteiger partial charge < -0.3 is 4.42 Å². The Balaban J connectivity index is 2.53. The average Bonchev–Trinajstić information content (AvgIpc) is 2.55. The van der Waals surface area contributed by atoms with E-state index in [0.717, 1.165) is 16.3 Å². The molecule has 0 unspecified atom stereocenters. The number of aryl methyl sites for hydroxylation is 1. The molecular formula is C7H6N2OS. The summed E-state index contributed by atoms with van der Waals surface area (Å²) in [5.41, 5.74) is 2.79. The molecule has 0 spiro atoms. The molecule has 2 rings (SSSR count). The maximum absolute atomic E-state index is 5.12. The Bertz CT molecular complexity index is 339. The smallest absolute Gasteiger partial charge is 0.181 e. The molecule has 0 N–H and O–H groups in total. The van der Waals surface area contributed by atoms with Gasteiger partial charge in [-0.15, -0.1) is 11.3 Å². The number of aromatic nitrogens is 2. The van der Waals surface area contributed by atoms with Gasteiger partial charge in [-0.3, -0.25) is 0 Å². The summed E-state index contributed by atoms with van der Waals surface area (Å²) < 4.78 is 5.12. The molecule has 4 heteroatoms. The van der Waals surface area contributed by atoms with Gasteiger partial charge in [0.15, 0.2) is 12.2 Å². The molecule has 2 aromatic rings. The molecule has 0 aliphatic rings. The molecule has 2 aromatic heterocycles. The van der Waals surface area contributed by atoms with Crippen LogP contribution in [-0.2, 0) is 0 Å². The first-order valence-corrected chi connectivity index (χ1v) is 4.05. The van der Waals surface area contributed by atoms with Crippen molar-refractivity contribution in [3.05, 3.63) is 23.8 Å². The van der Waals surface area contributed by atoms with Crippen LogP contribution in [0.15, 0.2) is 22.5 Å². The van der Waals surface area contributed by atoms with Gasteiger partial charge in [0.05, 0.1) is 22.3 Å². The van der Waals surface area contributed by atoms with Crippen LogP contribution in [0.4, 0.5) is 0 Å². The van der Waals surface area contributed by atoms with Crippen molar-refractivity contribution < 1.29 is 4.42 Å². The fraction of sp³-hybridized carbons (Fsp3) is 0.143. The van der Waals surface area contributed by atoms with E-state index in [-0.39, 0.29) is 0 Å². The highest BCUT2D eigenvalue weighted by Crippen LogP contribution is 2.25. The maximum atomic E-state index is 5.12. The van der Waals surface area contributed by atoms with E-state index in [2.05, 4.69) is 9.97 Å². The fourth-order valence-corrected chi connectivity index (χ4v) is 1.62. The van der Waals surface area contributed by atoms with Gasteiger partial charge in [0.2, 0.25) is 0 Å². The Morgan fingerprint density at radius 1 is 1.55 bits per heavy atom. The highest BCUT2D eigenvalue weighted by molar-refractivity contribution is 7.13. The Hall–Kier alpha value is -1.16. The number of rotatable bonds is 1. The standard InChI is InChI=1S/C7H6N2OS/c1-5-7(11-4-9-5)6-2-8-3-10-6/h2-4H,1H3. The first-order valence-electron chi connectivity index (χ1n) is 3.17. The van der Waals surface area contributed by atoms with Crippen molar-refractivity contribution in [2.75, 3.05) is 0 Å². The minimum atomic E-state index is 0.796. The van der Waals surface area contributed by atoms with Crippen LogP contribution in [-0.4, -0.2) is 9.97 Å². The zero-order valence-corrected chi connectivity index (χ0v) is 6.76. The summed E-state index contributed by atoms with van der Waals surface area (Å²) >= 11 is 1.56. The lowest BCUT2D eigenvalue weighted by Crippen LogP contribution is -1.72. The van der Waals surface area contributed by atoms with E-state index in [1.165, 1.54) is 6.39 Å². The molecule has 0 aromatic carbocycles. The first kappa shape index (κ1) is 6.54. The second-order valence-corrected chi connectivity index (χ2v) is 2.99. The van der Waals surface area contributed by atoms with Crippen LogP contribution in [0.1, 0.15) is 5.69 Å². The largest absolute Gasteiger partial charge is 0.443 e. The van der Waals surface area contributed by atoms with Crippen molar-refractivity contribution in [3.8, 4) is 10.6 Å². The summed E-state index contributed by atoms with van der Waals surface area (Å²) in [5, 5.41) is 0. The highest BCUT2D eigenvalue weighted by atomic mass is 32.1. The Morgan fingerprint density at radius 3 is 3.00 bits per heavy atom. The van der Waals surface area contributed by atoms with Crippen LogP contribution >= 0.6 is 11.3 Å². The van der Waals surface area contributed by atoms with E-state index in [9.17, 15) is 0 Å². The van der Waals surface area contributed by atoms with E-state index in [4.69, 9.17) is 4.42 Å². The van der Waals surface area contributed by atoms with Crippen LogP contribution in [0.2, 0.25) is 0 Å². The zero-order valence-electron chi connectivity index (χ0n) is 5.94. The van der Waals surface area contributed by atoms with Crippen LogP contribution in [0, 0.1) is 6.92 Å². The van der Waals surface area contributed by atoms with E-state index in [1.54, 1.807) is 23.0 Å². The van der Waals surface area contributed by atoms with Gasteiger partial charge in [0.25, 0.3) is 0 Å². The third kappa shape index (κ3) is 1.05. The van der Waals surface area contributed by atoms with E-state index in [1.807, 2.05) is 6.92 Å². The quantitative estimate of drug-likeness (QED) is 0.651. The Morgan fingerprint density at radius 2 is 2.45 bits per heavy atom. The molecule has 0 radical (unpaired) electrons. The fourth-order valence-electron chi connectivity index (χ4n) is 0.866. The highest BCUT2D eigenvalue weighted by Gasteiger charge is 2.06. The molecule has 0 saturated heterocycles. The normalized spacial score (nSPS) is 10.3.